The smallest absolute Gasteiger partial charge is 0.341 e. The van der Waals surface area contributed by atoms with E-state index in [1.807, 2.05) is 12.1 Å². The first kappa shape index (κ1) is 22.4. The Morgan fingerprint density at radius 1 is 1.03 bits per heavy atom. The number of fused-ring (bicyclic) bond motifs is 1. The van der Waals surface area contributed by atoms with Crippen molar-refractivity contribution in [2.45, 2.75) is 26.5 Å². The maximum absolute atomic E-state index is 14.0. The average molecular weight is 474 g/mol. The van der Waals surface area contributed by atoms with Gasteiger partial charge in [0, 0.05) is 17.3 Å². The number of aromatic nitrogens is 3. The van der Waals surface area contributed by atoms with E-state index in [9.17, 15) is 18.4 Å². The summed E-state index contributed by atoms with van der Waals surface area (Å²) >= 11 is 0. The number of halogens is 2. The number of aromatic amines is 1. The van der Waals surface area contributed by atoms with Gasteiger partial charge in [-0.2, -0.15) is 0 Å². The molecular weight excluding hydrogens is 454 g/mol. The number of hydrogen-bond donors (Lipinski definition) is 1. The molecule has 9 heteroatoms. The molecular formula is C26H20F2N4O3. The standard InChI is InChI=1S/C26H20F2N4O3/c1-14(2)35-26(34)24-18(15-8-9-20(27)21(28)11-15)4-3-5-23(24)32-13-17-7-6-16(10-19(17)25(32)33)22-12-29-31-30-22/h3-12,14H,13H2,1-2H3,(H,29,30,31). The molecule has 4 aromatic rings. The molecule has 1 aliphatic rings. The van der Waals surface area contributed by atoms with E-state index in [4.69, 9.17) is 4.74 Å². The Kier molecular flexibility index (Phi) is 5.60. The monoisotopic (exact) mass is 474 g/mol. The number of nitrogens with one attached hydrogen (secondary N) is 1. The van der Waals surface area contributed by atoms with Gasteiger partial charge in [-0.15, -0.1) is 5.10 Å². The Bertz CT molecular complexity index is 1450. The van der Waals surface area contributed by atoms with Crippen molar-refractivity contribution in [2.75, 3.05) is 4.90 Å². The minimum atomic E-state index is -1.04. The fraction of sp³-hybridized carbons (Fsp3) is 0.154. The van der Waals surface area contributed by atoms with Crippen molar-refractivity contribution in [3.8, 4) is 22.4 Å². The number of hydrogen-bond acceptors (Lipinski definition) is 5. The van der Waals surface area contributed by atoms with E-state index >= 15 is 0 Å². The van der Waals surface area contributed by atoms with Crippen LogP contribution in [0, 0.1) is 11.6 Å². The van der Waals surface area contributed by atoms with E-state index in [2.05, 4.69) is 15.4 Å². The molecule has 2 heterocycles. The van der Waals surface area contributed by atoms with Gasteiger partial charge in [0.1, 0.15) is 5.69 Å². The van der Waals surface area contributed by atoms with Gasteiger partial charge in [-0.1, -0.05) is 35.5 Å². The molecule has 1 aromatic heterocycles. The largest absolute Gasteiger partial charge is 0.459 e. The molecule has 5 rings (SSSR count). The second-order valence-electron chi connectivity index (χ2n) is 8.40. The van der Waals surface area contributed by atoms with Crippen LogP contribution in [0.15, 0.2) is 60.8 Å². The number of carbonyl (C=O) groups is 2. The Balaban J connectivity index is 1.61. The molecule has 0 radical (unpaired) electrons. The molecule has 0 fully saturated rings. The van der Waals surface area contributed by atoms with Crippen LogP contribution in [0.2, 0.25) is 0 Å². The van der Waals surface area contributed by atoms with Gasteiger partial charge in [0.2, 0.25) is 0 Å². The molecule has 0 aliphatic carbocycles. The van der Waals surface area contributed by atoms with Crippen LogP contribution < -0.4 is 4.90 Å². The van der Waals surface area contributed by atoms with Crippen molar-refractivity contribution in [3.63, 3.8) is 0 Å². The zero-order chi connectivity index (χ0) is 24.7. The van der Waals surface area contributed by atoms with Crippen molar-refractivity contribution >= 4 is 17.6 Å². The third-order valence-corrected chi connectivity index (χ3v) is 5.74. The van der Waals surface area contributed by atoms with E-state index in [-0.39, 0.29) is 18.0 Å². The van der Waals surface area contributed by atoms with E-state index in [1.54, 1.807) is 44.3 Å². The first-order valence-corrected chi connectivity index (χ1v) is 10.9. The van der Waals surface area contributed by atoms with Crippen LogP contribution in [0.25, 0.3) is 22.4 Å². The summed E-state index contributed by atoms with van der Waals surface area (Å²) in [4.78, 5) is 28.2. The van der Waals surface area contributed by atoms with Crippen LogP contribution in [0.3, 0.4) is 0 Å². The summed E-state index contributed by atoms with van der Waals surface area (Å²) in [6.07, 6.45) is 1.20. The lowest BCUT2D eigenvalue weighted by molar-refractivity contribution is 0.0379. The minimum Gasteiger partial charge on any atom is -0.459 e. The van der Waals surface area contributed by atoms with Crippen LogP contribution >= 0.6 is 0 Å². The van der Waals surface area contributed by atoms with Gasteiger partial charge in [-0.3, -0.25) is 9.89 Å². The summed E-state index contributed by atoms with van der Waals surface area (Å²) < 4.78 is 33.1. The molecule has 7 nitrogen and oxygen atoms in total. The van der Waals surface area contributed by atoms with Gasteiger partial charge in [0.15, 0.2) is 11.6 Å². The van der Waals surface area contributed by atoms with Crippen LogP contribution in [0.4, 0.5) is 14.5 Å². The third-order valence-electron chi connectivity index (χ3n) is 5.74. The minimum absolute atomic E-state index is 0.102. The first-order chi connectivity index (χ1) is 16.8. The van der Waals surface area contributed by atoms with Crippen LogP contribution in [-0.4, -0.2) is 33.4 Å². The van der Waals surface area contributed by atoms with Gasteiger partial charge in [-0.05, 0) is 54.8 Å². The van der Waals surface area contributed by atoms with E-state index in [0.717, 1.165) is 23.3 Å². The van der Waals surface area contributed by atoms with Crippen LogP contribution in [0.5, 0.6) is 0 Å². The van der Waals surface area contributed by atoms with E-state index < -0.39 is 23.7 Å². The molecule has 0 spiro atoms. The molecule has 1 amide bonds. The van der Waals surface area contributed by atoms with Crippen molar-refractivity contribution in [1.29, 1.82) is 0 Å². The summed E-state index contributed by atoms with van der Waals surface area (Å²) in [5, 5.41) is 10.3. The van der Waals surface area contributed by atoms with Gasteiger partial charge in [-0.25, -0.2) is 13.6 Å². The van der Waals surface area contributed by atoms with Gasteiger partial charge < -0.3 is 9.64 Å². The molecule has 0 unspecified atom stereocenters. The maximum Gasteiger partial charge on any atom is 0.341 e. The maximum atomic E-state index is 14.0. The summed E-state index contributed by atoms with van der Waals surface area (Å²) in [7, 11) is 0. The van der Waals surface area contributed by atoms with Crippen LogP contribution in [-0.2, 0) is 11.3 Å². The molecule has 176 valence electrons. The number of carbonyl (C=O) groups excluding carboxylic acids is 2. The molecule has 3 aromatic carbocycles. The SMILES string of the molecule is CC(C)OC(=O)c1c(-c2ccc(F)c(F)c2)cccc1N1Cc2ccc(-c3c[nH]nn3)cc2C1=O. The van der Waals surface area contributed by atoms with Gasteiger partial charge in [0.05, 0.1) is 23.9 Å². The highest BCUT2D eigenvalue weighted by molar-refractivity contribution is 6.14. The Hall–Kier alpha value is -4.40. The molecule has 0 saturated carbocycles. The van der Waals surface area contributed by atoms with Gasteiger partial charge >= 0.3 is 5.97 Å². The highest BCUT2D eigenvalue weighted by atomic mass is 19.2. The number of ether oxygens (including phenoxy) is 1. The Morgan fingerprint density at radius 2 is 1.83 bits per heavy atom. The predicted octanol–water partition coefficient (Wildman–Crippen LogP) is 5.14. The van der Waals surface area contributed by atoms with Crippen LogP contribution in [0.1, 0.15) is 40.1 Å². The lowest BCUT2D eigenvalue weighted by Gasteiger charge is -2.22. The normalized spacial score (nSPS) is 12.8. The first-order valence-electron chi connectivity index (χ1n) is 10.9. The molecule has 35 heavy (non-hydrogen) atoms. The fourth-order valence-electron chi connectivity index (χ4n) is 4.15. The number of anilines is 1. The van der Waals surface area contributed by atoms with Crippen molar-refractivity contribution in [1.82, 2.24) is 15.4 Å². The number of amides is 1. The Labute approximate surface area is 199 Å². The highest BCUT2D eigenvalue weighted by Crippen LogP contribution is 2.37. The molecule has 0 bridgehead atoms. The topological polar surface area (TPSA) is 88.2 Å². The van der Waals surface area contributed by atoms with E-state index in [0.29, 0.717) is 28.1 Å². The van der Waals surface area contributed by atoms with Crippen molar-refractivity contribution in [2.24, 2.45) is 0 Å². The number of rotatable bonds is 5. The number of esters is 1. The predicted molar refractivity (Wildman–Crippen MR) is 125 cm³/mol. The summed E-state index contributed by atoms with van der Waals surface area (Å²) in [6.45, 7) is 3.65. The van der Waals surface area contributed by atoms with E-state index in [1.165, 1.54) is 11.0 Å². The second kappa shape index (κ2) is 8.75. The van der Waals surface area contributed by atoms with Crippen molar-refractivity contribution < 1.29 is 23.1 Å². The highest BCUT2D eigenvalue weighted by Gasteiger charge is 2.33. The average Bonchev–Trinajstić information content (AvgIpc) is 3.48. The van der Waals surface area contributed by atoms with Gasteiger partial charge in [0.25, 0.3) is 5.91 Å². The number of H-pyrrole nitrogens is 1. The molecule has 0 saturated heterocycles. The molecule has 1 N–H and O–H groups in total. The Morgan fingerprint density at radius 3 is 2.54 bits per heavy atom. The molecule has 0 atom stereocenters. The number of benzene rings is 3. The quantitative estimate of drug-likeness (QED) is 0.405. The third kappa shape index (κ3) is 4.05. The zero-order valence-corrected chi connectivity index (χ0v) is 18.9. The lowest BCUT2D eigenvalue weighted by atomic mass is 9.97. The summed E-state index contributed by atoms with van der Waals surface area (Å²) in [5.74, 6) is -3.00. The number of nitrogens with zero attached hydrogens (tertiary/aromatic N) is 3. The fourth-order valence-corrected chi connectivity index (χ4v) is 4.15. The second-order valence-corrected chi connectivity index (χ2v) is 8.40. The summed E-state index contributed by atoms with van der Waals surface area (Å²) in [5.41, 5.74) is 3.63. The van der Waals surface area contributed by atoms with Crippen molar-refractivity contribution in [3.05, 3.63) is 89.1 Å². The summed E-state index contributed by atoms with van der Waals surface area (Å²) in [6, 6.07) is 13.7. The molecule has 1 aliphatic heterocycles. The lowest BCUT2D eigenvalue weighted by Crippen LogP contribution is -2.26. The zero-order valence-electron chi connectivity index (χ0n) is 18.9.